The van der Waals surface area contributed by atoms with Crippen LogP contribution in [0.3, 0.4) is 0 Å². The van der Waals surface area contributed by atoms with Crippen molar-refractivity contribution in [2.24, 2.45) is 0 Å². The van der Waals surface area contributed by atoms with Crippen molar-refractivity contribution < 1.29 is 18.6 Å². The van der Waals surface area contributed by atoms with Gasteiger partial charge in [-0.15, -0.1) is 0 Å². The van der Waals surface area contributed by atoms with Crippen LogP contribution in [0.2, 0.25) is 0 Å². The van der Waals surface area contributed by atoms with E-state index in [1.165, 1.54) is 6.07 Å². The summed E-state index contributed by atoms with van der Waals surface area (Å²) >= 11 is 0. The molecule has 0 radical (unpaired) electrons. The third-order valence-electron chi connectivity index (χ3n) is 4.87. The number of aliphatic hydroxyl groups is 1. The summed E-state index contributed by atoms with van der Waals surface area (Å²) in [5.41, 5.74) is 6.52. The predicted octanol–water partition coefficient (Wildman–Crippen LogP) is 0.782. The number of aromatic nitrogens is 2. The van der Waals surface area contributed by atoms with Crippen molar-refractivity contribution in [3.05, 3.63) is 52.6 Å². The Bertz CT molecular complexity index is 888. The number of nitrogen functional groups attached to an aromatic ring is 1. The molecule has 2 aliphatic heterocycles. The molecule has 0 spiro atoms. The average Bonchev–Trinajstić information content (AvgIpc) is 3.10. The number of nitrogens with two attached hydrogens (primary N) is 1. The number of rotatable bonds is 3. The van der Waals surface area contributed by atoms with Crippen LogP contribution >= 0.6 is 0 Å². The highest BCUT2D eigenvalue weighted by molar-refractivity contribution is 5.57. The van der Waals surface area contributed by atoms with Crippen LogP contribution in [0.1, 0.15) is 11.8 Å². The summed E-state index contributed by atoms with van der Waals surface area (Å²) < 4.78 is 35.2. The molecule has 3 heterocycles. The minimum Gasteiger partial charge on any atom is -0.384 e. The van der Waals surface area contributed by atoms with Gasteiger partial charge in [0.1, 0.15) is 11.9 Å². The fraction of sp³-hybridized carbons (Fsp3) is 0.412. The second-order valence-corrected chi connectivity index (χ2v) is 6.51. The molecule has 3 N–H and O–H groups in total. The van der Waals surface area contributed by atoms with Crippen LogP contribution in [0.15, 0.2) is 41.3 Å². The Morgan fingerprint density at radius 2 is 2.12 bits per heavy atom. The smallest absolute Gasteiger partial charge is 0.351 e. The van der Waals surface area contributed by atoms with E-state index in [2.05, 4.69) is 4.98 Å². The normalized spacial score (nSPS) is 26.9. The highest BCUT2D eigenvalue weighted by atomic mass is 19.3. The standard InChI is InChI=1S/C17H18F2N4O3/c18-17(19)14(24)12(9-22-7-5-10-3-1-2-4-11(10)22)26-15(17)23-8-6-13(20)21-16(23)25/h1-4,6,8,12,14-15,24H,5,7,9H2,(H2,20,21,25)/t12-,14-,15-/m1/s1. The Labute approximate surface area is 147 Å². The zero-order chi connectivity index (χ0) is 18.5. The largest absolute Gasteiger partial charge is 0.384 e. The van der Waals surface area contributed by atoms with Gasteiger partial charge in [-0.3, -0.25) is 4.57 Å². The number of halogens is 2. The summed E-state index contributed by atoms with van der Waals surface area (Å²) in [7, 11) is 0. The lowest BCUT2D eigenvalue weighted by Gasteiger charge is -2.24. The fourth-order valence-electron chi connectivity index (χ4n) is 3.54. The van der Waals surface area contributed by atoms with Crippen molar-refractivity contribution in [1.82, 2.24) is 9.55 Å². The molecule has 0 aliphatic carbocycles. The zero-order valence-corrected chi connectivity index (χ0v) is 13.8. The number of alkyl halides is 2. The molecule has 1 aromatic carbocycles. The van der Waals surface area contributed by atoms with E-state index in [1.807, 2.05) is 29.2 Å². The molecule has 1 aromatic heterocycles. The second kappa shape index (κ2) is 6.03. The Morgan fingerprint density at radius 3 is 2.88 bits per heavy atom. The number of benzene rings is 1. The minimum absolute atomic E-state index is 0.0710. The number of para-hydroxylation sites is 1. The van der Waals surface area contributed by atoms with Crippen LogP contribution in [0.4, 0.5) is 20.3 Å². The Balaban J connectivity index is 1.59. The van der Waals surface area contributed by atoms with Gasteiger partial charge in [-0.1, -0.05) is 18.2 Å². The molecule has 0 amide bonds. The van der Waals surface area contributed by atoms with Crippen molar-refractivity contribution in [1.29, 1.82) is 0 Å². The van der Waals surface area contributed by atoms with E-state index < -0.39 is 30.0 Å². The van der Waals surface area contributed by atoms with Crippen LogP contribution in [-0.4, -0.2) is 45.9 Å². The van der Waals surface area contributed by atoms with Gasteiger partial charge in [0.2, 0.25) is 6.23 Å². The quantitative estimate of drug-likeness (QED) is 0.836. The molecule has 3 atom stereocenters. The number of ether oxygens (including phenoxy) is 1. The molecule has 2 aromatic rings. The lowest BCUT2D eigenvalue weighted by Crippen LogP contribution is -2.43. The second-order valence-electron chi connectivity index (χ2n) is 6.51. The molecule has 1 fully saturated rings. The van der Waals surface area contributed by atoms with Gasteiger partial charge in [-0.25, -0.2) is 4.79 Å². The van der Waals surface area contributed by atoms with Gasteiger partial charge in [0, 0.05) is 25.0 Å². The summed E-state index contributed by atoms with van der Waals surface area (Å²) in [5.74, 6) is -3.70. The minimum atomic E-state index is -3.63. The van der Waals surface area contributed by atoms with E-state index in [1.54, 1.807) is 0 Å². The molecule has 1 saturated heterocycles. The first-order valence-electron chi connectivity index (χ1n) is 8.27. The molecule has 138 valence electrons. The lowest BCUT2D eigenvalue weighted by atomic mass is 10.1. The summed E-state index contributed by atoms with van der Waals surface area (Å²) in [4.78, 5) is 17.3. The number of nitrogens with zero attached hydrogens (tertiary/aromatic N) is 3. The van der Waals surface area contributed by atoms with Crippen LogP contribution in [0.5, 0.6) is 0 Å². The zero-order valence-electron chi connectivity index (χ0n) is 13.8. The van der Waals surface area contributed by atoms with Crippen LogP contribution < -0.4 is 16.3 Å². The van der Waals surface area contributed by atoms with Crippen LogP contribution in [0.25, 0.3) is 0 Å². The van der Waals surface area contributed by atoms with Crippen LogP contribution in [-0.2, 0) is 11.2 Å². The number of aliphatic hydroxyl groups excluding tert-OH is 1. The Hall–Kier alpha value is -2.52. The molecule has 7 nitrogen and oxygen atoms in total. The monoisotopic (exact) mass is 364 g/mol. The van der Waals surface area contributed by atoms with Crippen molar-refractivity contribution >= 4 is 11.5 Å². The SMILES string of the molecule is Nc1ccn([C@@H]2O[C@H](CN3CCc4ccccc43)[C@@H](O)C2(F)F)c(=O)n1. The first kappa shape index (κ1) is 16.9. The van der Waals surface area contributed by atoms with E-state index in [0.29, 0.717) is 11.1 Å². The number of fused-ring (bicyclic) bond motifs is 1. The van der Waals surface area contributed by atoms with Crippen molar-refractivity contribution in [2.75, 3.05) is 23.7 Å². The van der Waals surface area contributed by atoms with Gasteiger partial charge in [0.05, 0.1) is 0 Å². The first-order chi connectivity index (χ1) is 12.4. The molecule has 4 rings (SSSR count). The molecule has 0 unspecified atom stereocenters. The van der Waals surface area contributed by atoms with Gasteiger partial charge >= 0.3 is 11.6 Å². The van der Waals surface area contributed by atoms with Crippen molar-refractivity contribution in [2.45, 2.75) is 30.8 Å². The van der Waals surface area contributed by atoms with Gasteiger partial charge in [0.25, 0.3) is 0 Å². The molecule has 0 bridgehead atoms. The van der Waals surface area contributed by atoms with E-state index in [-0.39, 0.29) is 12.4 Å². The van der Waals surface area contributed by atoms with Gasteiger partial charge < -0.3 is 20.5 Å². The lowest BCUT2D eigenvalue weighted by molar-refractivity contribution is -0.140. The molecular weight excluding hydrogens is 346 g/mol. The van der Waals surface area contributed by atoms with Gasteiger partial charge in [0.15, 0.2) is 6.10 Å². The maximum Gasteiger partial charge on any atom is 0.351 e. The number of hydrogen-bond acceptors (Lipinski definition) is 6. The molecule has 26 heavy (non-hydrogen) atoms. The Kier molecular flexibility index (Phi) is 3.92. The number of hydrogen-bond donors (Lipinski definition) is 2. The Morgan fingerprint density at radius 1 is 1.35 bits per heavy atom. The molecule has 2 aliphatic rings. The van der Waals surface area contributed by atoms with Gasteiger partial charge in [-0.05, 0) is 24.1 Å². The van der Waals surface area contributed by atoms with Gasteiger partial charge in [-0.2, -0.15) is 13.8 Å². The first-order valence-corrected chi connectivity index (χ1v) is 8.27. The van der Waals surface area contributed by atoms with E-state index >= 15 is 0 Å². The predicted molar refractivity (Wildman–Crippen MR) is 90.1 cm³/mol. The van der Waals surface area contributed by atoms with Crippen LogP contribution in [0, 0.1) is 0 Å². The summed E-state index contributed by atoms with van der Waals surface area (Å²) in [6, 6.07) is 8.93. The van der Waals surface area contributed by atoms with E-state index in [0.717, 1.165) is 23.9 Å². The molecule has 0 saturated carbocycles. The highest BCUT2D eigenvalue weighted by Gasteiger charge is 2.60. The summed E-state index contributed by atoms with van der Waals surface area (Å²) in [5, 5.41) is 10.1. The third kappa shape index (κ3) is 2.63. The molecule has 9 heteroatoms. The summed E-state index contributed by atoms with van der Waals surface area (Å²) in [6.45, 7) is 0.757. The third-order valence-corrected chi connectivity index (χ3v) is 4.87. The van der Waals surface area contributed by atoms with Crippen molar-refractivity contribution in [3.8, 4) is 0 Å². The number of anilines is 2. The van der Waals surface area contributed by atoms with E-state index in [9.17, 15) is 18.7 Å². The highest BCUT2D eigenvalue weighted by Crippen LogP contribution is 2.43. The van der Waals surface area contributed by atoms with Crippen molar-refractivity contribution in [3.63, 3.8) is 0 Å². The van der Waals surface area contributed by atoms with E-state index in [4.69, 9.17) is 10.5 Å². The maximum atomic E-state index is 14.6. The molecular formula is C17H18F2N4O3. The maximum absolute atomic E-state index is 14.6. The topological polar surface area (TPSA) is 93.6 Å². The average molecular weight is 364 g/mol. The summed E-state index contributed by atoms with van der Waals surface area (Å²) in [6.07, 6.45) is -3.21. The fourth-order valence-corrected chi connectivity index (χ4v) is 3.54.